The fraction of sp³-hybridized carbons (Fsp3) is 0.250. The molecule has 0 unspecified atom stereocenters. The number of methoxy groups -OCH3 is 2. The highest BCUT2D eigenvalue weighted by atomic mass is 35.5. The molecule has 4 heterocycles. The molecule has 0 aliphatic carbocycles. The quantitative estimate of drug-likeness (QED) is 0.124. The number of amides is 4. The molecular weight excluding hydrogens is 833 g/mol. The van der Waals surface area contributed by atoms with E-state index in [-0.39, 0.29) is 23.7 Å². The Kier molecular flexibility index (Phi) is 14.2. The molecule has 2 saturated heterocycles. The number of rotatable bonds is 13. The van der Waals surface area contributed by atoms with E-state index >= 15 is 8.78 Å². The molecule has 4 aromatic carbocycles. The average Bonchev–Trinajstić information content (AvgIpc) is 3.85. The molecule has 1 N–H and O–H groups in total. The van der Waals surface area contributed by atoms with E-state index in [1.807, 2.05) is 42.2 Å². The van der Waals surface area contributed by atoms with Gasteiger partial charge in [0.2, 0.25) is 0 Å². The van der Waals surface area contributed by atoms with Crippen LogP contribution in [-0.2, 0) is 25.9 Å². The van der Waals surface area contributed by atoms with Crippen LogP contribution in [0.4, 0.5) is 18.4 Å². The molecule has 2 aliphatic heterocycles. The van der Waals surface area contributed by atoms with Crippen LogP contribution in [0.15, 0.2) is 109 Å². The van der Waals surface area contributed by atoms with Gasteiger partial charge in [0.1, 0.15) is 23.1 Å². The van der Waals surface area contributed by atoms with E-state index in [2.05, 4.69) is 15.3 Å². The van der Waals surface area contributed by atoms with Gasteiger partial charge in [0, 0.05) is 68.0 Å². The fourth-order valence-electron chi connectivity index (χ4n) is 7.51. The lowest BCUT2D eigenvalue weighted by atomic mass is 9.97. The smallest absolute Gasteiger partial charge is 0.320 e. The zero-order valence-corrected chi connectivity index (χ0v) is 36.1. The SMILES string of the molecule is CCN1CCN(Cc2ccc(Cc3ccc(OC)c(-c4cccc(Cl)c4)c3F)cn2)C1=O.COc1ccc(Cc2ccc(CN3CCNC3=O)nc2)c(F)c1-c1cccc(Cl)c1. The second-order valence-electron chi connectivity index (χ2n) is 14.9. The van der Waals surface area contributed by atoms with E-state index < -0.39 is 0 Å². The minimum atomic E-state index is -0.338. The number of nitrogens with one attached hydrogen (secondary N) is 1. The third-order valence-electron chi connectivity index (χ3n) is 10.8. The first-order valence-corrected chi connectivity index (χ1v) is 21.0. The van der Waals surface area contributed by atoms with Crippen LogP contribution < -0.4 is 14.8 Å². The number of hydrogen-bond acceptors (Lipinski definition) is 6. The van der Waals surface area contributed by atoms with Crippen molar-refractivity contribution in [2.45, 2.75) is 32.9 Å². The minimum absolute atomic E-state index is 0.0484. The lowest BCUT2D eigenvalue weighted by Gasteiger charge is -2.17. The average molecular weight is 880 g/mol. The van der Waals surface area contributed by atoms with Crippen molar-refractivity contribution in [1.82, 2.24) is 30.0 Å². The highest BCUT2D eigenvalue weighted by Gasteiger charge is 2.27. The Labute approximate surface area is 370 Å². The highest BCUT2D eigenvalue weighted by Crippen LogP contribution is 2.37. The third kappa shape index (κ3) is 10.3. The van der Waals surface area contributed by atoms with Crippen molar-refractivity contribution in [1.29, 1.82) is 0 Å². The summed E-state index contributed by atoms with van der Waals surface area (Å²) in [6.07, 6.45) is 4.26. The Balaban J connectivity index is 0.000000187. The van der Waals surface area contributed by atoms with Gasteiger partial charge in [-0.2, -0.15) is 0 Å². The molecule has 6 aromatic rings. The number of urea groups is 2. The molecular formula is C48H46Cl2F2N6O4. The standard InChI is InChI=1S/C25H25ClFN3O2.C23H21ClFN3O2/c1-3-29-11-12-30(25(29)31)16-21-9-7-17(15-28-21)13-19-8-10-22(32-2)23(24(19)27)18-5-4-6-20(26)14-18;1-30-20-8-6-17(22(25)21(20)16-3-2-4-18(24)12-16)11-15-5-7-19(27-13-15)14-28-10-9-26-23(28)29/h4-10,14-15H,3,11-13,16H2,1-2H3;2-8,12-13H,9-11,14H2,1H3,(H,26,29). The molecule has 0 radical (unpaired) electrons. The van der Waals surface area contributed by atoms with Gasteiger partial charge < -0.3 is 29.5 Å². The second-order valence-corrected chi connectivity index (χ2v) is 15.7. The van der Waals surface area contributed by atoms with Gasteiger partial charge in [-0.3, -0.25) is 9.97 Å². The number of carbonyl (C=O) groups is 2. The van der Waals surface area contributed by atoms with Crippen LogP contribution in [-0.4, -0.2) is 83.7 Å². The van der Waals surface area contributed by atoms with Gasteiger partial charge in [0.15, 0.2) is 0 Å². The maximum Gasteiger partial charge on any atom is 0.320 e. The molecule has 4 amide bonds. The van der Waals surface area contributed by atoms with Crippen LogP contribution in [0.25, 0.3) is 22.3 Å². The van der Waals surface area contributed by atoms with Crippen molar-refractivity contribution >= 4 is 35.3 Å². The van der Waals surface area contributed by atoms with Gasteiger partial charge in [-0.1, -0.05) is 71.7 Å². The van der Waals surface area contributed by atoms with E-state index in [0.717, 1.165) is 29.1 Å². The van der Waals surface area contributed by atoms with Crippen LogP contribution in [0, 0.1) is 11.6 Å². The van der Waals surface area contributed by atoms with Gasteiger partial charge in [0.25, 0.3) is 0 Å². The van der Waals surface area contributed by atoms with Crippen molar-refractivity contribution in [2.24, 2.45) is 0 Å². The summed E-state index contributed by atoms with van der Waals surface area (Å²) in [4.78, 5) is 38.2. The van der Waals surface area contributed by atoms with E-state index in [0.29, 0.717) is 107 Å². The molecule has 0 spiro atoms. The Hall–Kier alpha value is -6.24. The maximum atomic E-state index is 15.5. The number of nitrogens with zero attached hydrogens (tertiary/aromatic N) is 5. The number of halogens is 4. The molecule has 0 atom stereocenters. The summed E-state index contributed by atoms with van der Waals surface area (Å²) in [5.41, 5.74) is 6.58. The fourth-order valence-corrected chi connectivity index (χ4v) is 7.89. The zero-order valence-electron chi connectivity index (χ0n) is 34.6. The lowest BCUT2D eigenvalue weighted by Crippen LogP contribution is -2.31. The molecule has 8 rings (SSSR count). The van der Waals surface area contributed by atoms with Crippen LogP contribution in [0.3, 0.4) is 0 Å². The summed E-state index contributed by atoms with van der Waals surface area (Å²) in [5.74, 6) is 0.238. The third-order valence-corrected chi connectivity index (χ3v) is 11.3. The summed E-state index contributed by atoms with van der Waals surface area (Å²) in [5, 5.41) is 3.84. The Morgan fingerprint density at radius 1 is 0.645 bits per heavy atom. The molecule has 2 aliphatic rings. The molecule has 14 heteroatoms. The van der Waals surface area contributed by atoms with Crippen LogP contribution >= 0.6 is 23.2 Å². The van der Waals surface area contributed by atoms with E-state index in [1.54, 1.807) is 88.9 Å². The monoisotopic (exact) mass is 878 g/mol. The van der Waals surface area contributed by atoms with Crippen LogP contribution in [0.2, 0.25) is 10.0 Å². The number of aromatic nitrogens is 2. The maximum absolute atomic E-state index is 15.5. The van der Waals surface area contributed by atoms with Crippen LogP contribution in [0.5, 0.6) is 11.5 Å². The van der Waals surface area contributed by atoms with Crippen molar-refractivity contribution < 1.29 is 27.8 Å². The number of hydrogen-bond donors (Lipinski definition) is 1. The zero-order chi connectivity index (χ0) is 43.8. The predicted octanol–water partition coefficient (Wildman–Crippen LogP) is 10.1. The number of benzene rings is 4. The van der Waals surface area contributed by atoms with Gasteiger partial charge in [-0.05, 0) is 88.8 Å². The summed E-state index contributed by atoms with van der Waals surface area (Å²) in [7, 11) is 3.04. The van der Waals surface area contributed by atoms with Crippen molar-refractivity contribution in [3.8, 4) is 33.8 Å². The molecule has 0 bridgehead atoms. The Morgan fingerprint density at radius 2 is 1.15 bits per heavy atom. The van der Waals surface area contributed by atoms with E-state index in [4.69, 9.17) is 32.7 Å². The largest absolute Gasteiger partial charge is 0.496 e. The molecule has 2 aromatic heterocycles. The molecule has 0 saturated carbocycles. The summed E-state index contributed by atoms with van der Waals surface area (Å²) < 4.78 is 41.7. The van der Waals surface area contributed by atoms with Crippen molar-refractivity contribution in [3.05, 3.63) is 165 Å². The predicted molar refractivity (Wildman–Crippen MR) is 238 cm³/mol. The summed E-state index contributed by atoms with van der Waals surface area (Å²) in [6, 6.07) is 28.7. The van der Waals surface area contributed by atoms with E-state index in [1.165, 1.54) is 14.2 Å². The Bertz CT molecular complexity index is 2540. The van der Waals surface area contributed by atoms with Gasteiger partial charge in [-0.15, -0.1) is 0 Å². The van der Waals surface area contributed by atoms with Crippen LogP contribution in [0.1, 0.15) is 40.6 Å². The number of ether oxygens (including phenoxy) is 2. The van der Waals surface area contributed by atoms with Crippen molar-refractivity contribution in [3.63, 3.8) is 0 Å². The number of likely N-dealkylation sites (N-methyl/N-ethyl adjacent to an activating group) is 1. The summed E-state index contributed by atoms with van der Waals surface area (Å²) >= 11 is 12.2. The van der Waals surface area contributed by atoms with E-state index in [9.17, 15) is 9.59 Å². The number of carbonyl (C=O) groups excluding carboxylic acids is 2. The van der Waals surface area contributed by atoms with Gasteiger partial charge in [0.05, 0.1) is 49.8 Å². The van der Waals surface area contributed by atoms with Gasteiger partial charge in [-0.25, -0.2) is 18.4 Å². The molecule has 10 nitrogen and oxygen atoms in total. The van der Waals surface area contributed by atoms with Crippen molar-refractivity contribution in [2.75, 3.05) is 46.9 Å². The molecule has 62 heavy (non-hydrogen) atoms. The summed E-state index contributed by atoms with van der Waals surface area (Å²) in [6.45, 7) is 6.41. The van der Waals surface area contributed by atoms with Gasteiger partial charge >= 0.3 is 12.1 Å². The molecule has 2 fully saturated rings. The number of pyridine rings is 2. The first-order chi connectivity index (χ1) is 30.0. The Morgan fingerprint density at radius 3 is 1.55 bits per heavy atom. The normalized spacial score (nSPS) is 13.6. The first kappa shape index (κ1) is 43.8. The second kappa shape index (κ2) is 20.1. The minimum Gasteiger partial charge on any atom is -0.496 e. The highest BCUT2D eigenvalue weighted by molar-refractivity contribution is 6.31. The molecule has 320 valence electrons. The first-order valence-electron chi connectivity index (χ1n) is 20.2. The lowest BCUT2D eigenvalue weighted by molar-refractivity contribution is 0.191. The topological polar surface area (TPSA) is 100 Å².